The van der Waals surface area contributed by atoms with Gasteiger partial charge in [0.15, 0.2) is 5.78 Å². The molecule has 0 radical (unpaired) electrons. The molecule has 2 heterocycles. The Morgan fingerprint density at radius 2 is 1.17 bits per heavy atom. The van der Waals surface area contributed by atoms with Crippen LogP contribution in [0.25, 0.3) is 0 Å². The molecular weight excluding hydrogens is 763 g/mol. The molecule has 12 rings (SSSR count). The number of nitrogens with two attached hydrogens (primary N) is 1. The van der Waals surface area contributed by atoms with E-state index in [1.807, 2.05) is 0 Å². The van der Waals surface area contributed by atoms with Crippen molar-refractivity contribution in [2.45, 2.75) is 154 Å². The molecule has 10 unspecified atom stereocenters. The summed E-state index contributed by atoms with van der Waals surface area (Å²) < 4.78 is 11.9. The summed E-state index contributed by atoms with van der Waals surface area (Å²) in [5.41, 5.74) is 3.28. The topological polar surface area (TPSA) is 218 Å². The maximum atomic E-state index is 13.6. The molecule has 0 aromatic carbocycles. The van der Waals surface area contributed by atoms with Crippen LogP contribution in [-0.2, 0) is 33.4 Å². The minimum atomic E-state index is -0.976. The van der Waals surface area contributed by atoms with Gasteiger partial charge in [0, 0.05) is 59.6 Å². The number of carbonyl (C=O) groups is 5. The van der Waals surface area contributed by atoms with E-state index in [0.717, 1.165) is 32.1 Å². The van der Waals surface area contributed by atoms with Crippen molar-refractivity contribution in [2.24, 2.45) is 91.5 Å². The minimum absolute atomic E-state index is 0.0255. The summed E-state index contributed by atoms with van der Waals surface area (Å²) in [5.74, 6) is -1.35. The van der Waals surface area contributed by atoms with Crippen molar-refractivity contribution in [1.29, 1.82) is 10.5 Å². The van der Waals surface area contributed by atoms with Gasteiger partial charge in [-0.1, -0.05) is 27.7 Å². The fourth-order valence-corrected chi connectivity index (χ4v) is 19.3. The molecule has 320 valence electrons. The van der Waals surface area contributed by atoms with Gasteiger partial charge >= 0.3 is 11.9 Å². The van der Waals surface area contributed by atoms with Gasteiger partial charge in [-0.15, -0.1) is 0 Å². The van der Waals surface area contributed by atoms with Crippen LogP contribution in [0.3, 0.4) is 0 Å². The summed E-state index contributed by atoms with van der Waals surface area (Å²) >= 11 is 0. The second-order valence-electron chi connectivity index (χ2n) is 22.9. The first-order valence-corrected chi connectivity index (χ1v) is 23.0. The van der Waals surface area contributed by atoms with Gasteiger partial charge in [-0.25, -0.2) is 0 Å². The largest absolute Gasteiger partial charge is 0.458 e. The van der Waals surface area contributed by atoms with E-state index in [-0.39, 0.29) is 87.5 Å². The lowest BCUT2D eigenvalue weighted by Crippen LogP contribution is -2.65. The summed E-state index contributed by atoms with van der Waals surface area (Å²) in [6, 6.07) is 5.02. The van der Waals surface area contributed by atoms with Gasteiger partial charge in [0.1, 0.15) is 22.8 Å². The van der Waals surface area contributed by atoms with Crippen molar-refractivity contribution >= 4 is 29.3 Å². The lowest BCUT2D eigenvalue weighted by Gasteiger charge is -2.64. The molecule has 2 spiro atoms. The van der Waals surface area contributed by atoms with Crippen LogP contribution < -0.4 is 5.73 Å². The Hall–Kier alpha value is -3.61. The Labute approximate surface area is 351 Å². The summed E-state index contributed by atoms with van der Waals surface area (Å²) in [6.07, 6.45) is 8.53. The van der Waals surface area contributed by atoms with E-state index in [2.05, 4.69) is 39.8 Å². The smallest absolute Gasteiger partial charge is 0.306 e. The minimum Gasteiger partial charge on any atom is -0.458 e. The van der Waals surface area contributed by atoms with Gasteiger partial charge in [-0.3, -0.25) is 24.0 Å². The van der Waals surface area contributed by atoms with Crippen LogP contribution in [0, 0.1) is 108 Å². The number of carbonyl (C=O) groups excluding carboxylic acids is 5. The number of esters is 2. The van der Waals surface area contributed by atoms with Crippen molar-refractivity contribution in [1.82, 2.24) is 0 Å². The number of Topliss-reactive ketones (excluding diaryl/α,β-unsaturated/α-hetero) is 3. The zero-order valence-electron chi connectivity index (χ0n) is 35.4. The standard InChI is InChI=1S/C24H30N2O4.C24H29NO5/c1-21-6-4-14(27)19-20(26)12(9-23(19,21)11-25)17-13-3-7-24(8-5-16(29)30-24)22(13,2)10-15(28)18(17)21;1-21-6-4-14(26)19-20(29)12(9-23(19,21)11-25)17-13-3-7-24(8-5-16(28)30-24)22(13,2)10-15(27)18(17)21/h12-13,15,17-18,28H,3-10,26H2,1-2H3;12-13,15,17-19,27H,3-10H2,1-2H3/t12-,13?,15-,17?,18?,21?,22?,23+,24-;12-,13?,15-,17?,18?,19+,21?,22?,23+,24-/m11/s1. The quantitative estimate of drug-likeness (QED) is 0.213. The van der Waals surface area contributed by atoms with E-state index in [0.29, 0.717) is 81.9 Å². The normalized spacial score (nSPS) is 57.2. The first kappa shape index (κ1) is 39.3. The van der Waals surface area contributed by atoms with E-state index in [1.54, 1.807) is 0 Å². The van der Waals surface area contributed by atoms with Crippen molar-refractivity contribution in [3.63, 3.8) is 0 Å². The summed E-state index contributed by atoms with van der Waals surface area (Å²) in [4.78, 5) is 63.5. The number of fused-ring (bicyclic) bond motifs is 14. The molecule has 10 aliphatic carbocycles. The van der Waals surface area contributed by atoms with Gasteiger partial charge in [-0.05, 0) is 123 Å². The van der Waals surface area contributed by atoms with Crippen molar-refractivity contribution in [2.75, 3.05) is 0 Å². The van der Waals surface area contributed by atoms with Crippen LogP contribution >= 0.6 is 0 Å². The van der Waals surface area contributed by atoms with E-state index in [4.69, 9.17) is 15.2 Å². The number of hydrogen-bond acceptors (Lipinski definition) is 12. The maximum absolute atomic E-state index is 13.6. The molecule has 12 nitrogen and oxygen atoms in total. The van der Waals surface area contributed by atoms with E-state index >= 15 is 0 Å². The summed E-state index contributed by atoms with van der Waals surface area (Å²) in [7, 11) is 0. The van der Waals surface area contributed by atoms with Crippen LogP contribution in [0.1, 0.15) is 130 Å². The fourth-order valence-electron chi connectivity index (χ4n) is 19.3. The molecule has 11 fully saturated rings. The second-order valence-corrected chi connectivity index (χ2v) is 22.9. The Morgan fingerprint density at radius 1 is 0.633 bits per heavy atom. The van der Waals surface area contributed by atoms with Gasteiger partial charge in [0.25, 0.3) is 0 Å². The number of nitrogens with zero attached hydrogens (tertiary/aromatic N) is 2. The zero-order valence-corrected chi connectivity index (χ0v) is 35.4. The first-order chi connectivity index (χ1) is 28.3. The lowest BCUT2D eigenvalue weighted by atomic mass is 9.39. The van der Waals surface area contributed by atoms with Crippen LogP contribution in [-0.4, -0.2) is 62.9 Å². The Bertz CT molecular complexity index is 2210. The Morgan fingerprint density at radius 3 is 1.68 bits per heavy atom. The molecule has 19 atom stereocenters. The van der Waals surface area contributed by atoms with Gasteiger partial charge in [0.2, 0.25) is 0 Å². The van der Waals surface area contributed by atoms with E-state index in [1.165, 1.54) is 0 Å². The molecule has 60 heavy (non-hydrogen) atoms. The molecule has 12 aliphatic rings. The molecule has 9 saturated carbocycles. The lowest BCUT2D eigenvalue weighted by molar-refractivity contribution is -0.213. The highest BCUT2D eigenvalue weighted by Gasteiger charge is 2.80. The average molecular weight is 822 g/mol. The number of ketones is 3. The molecule has 12 heteroatoms. The third-order valence-electron chi connectivity index (χ3n) is 21.8. The molecule has 0 aromatic heterocycles. The molecule has 2 saturated heterocycles. The van der Waals surface area contributed by atoms with Crippen LogP contribution in [0.15, 0.2) is 11.3 Å². The first-order valence-electron chi connectivity index (χ1n) is 23.0. The van der Waals surface area contributed by atoms with Gasteiger partial charge in [-0.2, -0.15) is 10.5 Å². The highest BCUT2D eigenvalue weighted by molar-refractivity contribution is 6.08. The maximum Gasteiger partial charge on any atom is 0.306 e. The highest BCUT2D eigenvalue weighted by atomic mass is 16.6. The number of aliphatic hydroxyl groups is 2. The number of aliphatic hydroxyl groups excluding tert-OH is 2. The van der Waals surface area contributed by atoms with Gasteiger partial charge in [0.05, 0.1) is 41.1 Å². The Kier molecular flexibility index (Phi) is 7.65. The monoisotopic (exact) mass is 821 g/mol. The third kappa shape index (κ3) is 4.02. The summed E-state index contributed by atoms with van der Waals surface area (Å²) in [6.45, 7) is 8.54. The van der Waals surface area contributed by atoms with Crippen molar-refractivity contribution in [3.8, 4) is 12.1 Å². The predicted molar refractivity (Wildman–Crippen MR) is 210 cm³/mol. The fraction of sp³-hybridized carbons (Fsp3) is 0.812. The third-order valence-corrected chi connectivity index (χ3v) is 21.8. The van der Waals surface area contributed by atoms with Gasteiger partial charge < -0.3 is 25.4 Å². The van der Waals surface area contributed by atoms with Crippen LogP contribution in [0.4, 0.5) is 0 Å². The summed E-state index contributed by atoms with van der Waals surface area (Å²) in [5, 5.41) is 43.9. The molecule has 4 N–H and O–H groups in total. The van der Waals surface area contributed by atoms with Crippen LogP contribution in [0.5, 0.6) is 0 Å². The predicted octanol–water partition coefficient (Wildman–Crippen LogP) is 5.17. The molecule has 2 aliphatic heterocycles. The number of allylic oxidation sites excluding steroid dienone is 2. The average Bonchev–Trinajstić information content (AvgIpc) is 4.03. The highest BCUT2D eigenvalue weighted by Crippen LogP contribution is 2.79. The molecule has 0 aromatic rings. The SMILES string of the molecule is CC12C[C@@H](O)C3C(C1CC[C@@]21CCC(=O)O1)[C@H]1C[C@]2(C#N)C(=C1N)C(=O)CCC32C.CC12C[C@@H](O)C3C(C1CC[C@@]21CCC(=O)O1)[C@H]1C[C@]2(C#N)[C@@H](C(=O)CCC32C)C1=O. The number of rotatable bonds is 0. The van der Waals surface area contributed by atoms with Crippen molar-refractivity contribution in [3.05, 3.63) is 11.3 Å². The second kappa shape index (κ2) is 11.7. The van der Waals surface area contributed by atoms with Crippen molar-refractivity contribution < 1.29 is 43.7 Å². The number of nitriles is 2. The number of ether oxygens (including phenoxy) is 2. The van der Waals surface area contributed by atoms with Crippen LogP contribution in [0.2, 0.25) is 0 Å². The van der Waals surface area contributed by atoms with E-state index < -0.39 is 51.0 Å². The molecular formula is C48H59N3O9. The number of hydrogen-bond donors (Lipinski definition) is 3. The molecule has 4 bridgehead atoms. The van der Waals surface area contributed by atoms with E-state index in [9.17, 15) is 44.7 Å². The molecule has 0 amide bonds. The Balaban J connectivity index is 0.000000136. The zero-order chi connectivity index (χ0) is 42.5.